The summed E-state index contributed by atoms with van der Waals surface area (Å²) in [6.07, 6.45) is 0. The largest absolute Gasteiger partial charge is 0.341 e. The van der Waals surface area contributed by atoms with E-state index >= 15 is 0 Å². The van der Waals surface area contributed by atoms with Crippen LogP contribution in [0.4, 0.5) is 4.39 Å². The first-order valence-corrected chi connectivity index (χ1v) is 5.60. The summed E-state index contributed by atoms with van der Waals surface area (Å²) in [5, 5.41) is 0. The van der Waals surface area contributed by atoms with Crippen LogP contribution in [-0.4, -0.2) is 9.97 Å². The topological polar surface area (TPSA) is 28.7 Å². The summed E-state index contributed by atoms with van der Waals surface area (Å²) in [4.78, 5) is 7.20. The van der Waals surface area contributed by atoms with E-state index in [1.807, 2.05) is 19.9 Å². The minimum absolute atomic E-state index is 0.249. The molecule has 0 spiro atoms. The number of nitrogens with zero attached hydrogens (tertiary/aromatic N) is 1. The fourth-order valence-corrected chi connectivity index (χ4v) is 2.02. The first-order chi connectivity index (χ1) is 7.49. The molecule has 84 valence electrons. The number of hydrogen-bond donors (Lipinski definition) is 1. The van der Waals surface area contributed by atoms with Gasteiger partial charge in [-0.05, 0) is 30.5 Å². The Morgan fingerprint density at radius 1 is 1.38 bits per heavy atom. The smallest absolute Gasteiger partial charge is 0.142 e. The Kier molecular flexibility index (Phi) is 2.76. The van der Waals surface area contributed by atoms with Crippen molar-refractivity contribution in [3.05, 3.63) is 33.8 Å². The lowest BCUT2D eigenvalue weighted by molar-refractivity contribution is 0.609. The van der Waals surface area contributed by atoms with Crippen LogP contribution in [0.3, 0.4) is 0 Å². The number of pyridine rings is 2. The lowest BCUT2D eigenvalue weighted by atomic mass is 10.0. The van der Waals surface area contributed by atoms with Gasteiger partial charge in [0.2, 0.25) is 0 Å². The summed E-state index contributed by atoms with van der Waals surface area (Å²) in [6.45, 7) is 5.77. The number of H-pyrrole nitrogens is 1. The molecule has 0 amide bonds. The molecule has 0 radical (unpaired) electrons. The Labute approximate surface area is 98.9 Å². The van der Waals surface area contributed by atoms with Gasteiger partial charge in [0.25, 0.3) is 0 Å². The van der Waals surface area contributed by atoms with Crippen LogP contribution < -0.4 is 0 Å². The van der Waals surface area contributed by atoms with Gasteiger partial charge in [-0.2, -0.15) is 0 Å². The van der Waals surface area contributed by atoms with E-state index in [2.05, 4.69) is 9.97 Å². The van der Waals surface area contributed by atoms with Crippen molar-refractivity contribution in [2.45, 2.75) is 26.7 Å². The SMILES string of the molecule is Cc1[nH]c2nc(=S)c(C(C)C)cc-2cc1F. The van der Waals surface area contributed by atoms with Gasteiger partial charge in [0.1, 0.15) is 16.3 Å². The molecule has 0 saturated heterocycles. The van der Waals surface area contributed by atoms with Crippen LogP contribution >= 0.6 is 12.2 Å². The molecule has 0 unspecified atom stereocenters. The maximum absolute atomic E-state index is 13.4. The molecule has 2 aliphatic heterocycles. The summed E-state index contributed by atoms with van der Waals surface area (Å²) >= 11 is 5.21. The van der Waals surface area contributed by atoms with E-state index in [-0.39, 0.29) is 5.82 Å². The van der Waals surface area contributed by atoms with Gasteiger partial charge in [-0.3, -0.25) is 0 Å². The number of aromatic amines is 1. The third kappa shape index (κ3) is 1.85. The van der Waals surface area contributed by atoms with Gasteiger partial charge in [-0.25, -0.2) is 9.37 Å². The van der Waals surface area contributed by atoms with Gasteiger partial charge >= 0.3 is 0 Å². The molecule has 0 aromatic heterocycles. The molecule has 16 heavy (non-hydrogen) atoms. The summed E-state index contributed by atoms with van der Waals surface area (Å²) < 4.78 is 14.0. The molecular formula is C12H13FN2S. The van der Waals surface area contributed by atoms with Crippen LogP contribution in [0.2, 0.25) is 0 Å². The molecular weight excluding hydrogens is 223 g/mol. The fraction of sp³-hybridized carbons (Fsp3) is 0.333. The minimum Gasteiger partial charge on any atom is -0.341 e. The highest BCUT2D eigenvalue weighted by molar-refractivity contribution is 7.71. The standard InChI is InChI=1S/C12H13FN2S/c1-6(2)9-4-8-5-10(13)7(3)14-11(8)15-12(9)16/h4-6H,1-3H3,(H,14,15,16). The van der Waals surface area contributed by atoms with Crippen molar-refractivity contribution < 1.29 is 4.39 Å². The van der Waals surface area contributed by atoms with E-state index in [1.54, 1.807) is 6.92 Å². The lowest BCUT2D eigenvalue weighted by Gasteiger charge is -2.11. The lowest BCUT2D eigenvalue weighted by Crippen LogP contribution is -2.01. The first-order valence-electron chi connectivity index (χ1n) is 5.19. The third-order valence-electron chi connectivity index (χ3n) is 2.61. The quantitative estimate of drug-likeness (QED) is 0.763. The Morgan fingerprint density at radius 2 is 2.06 bits per heavy atom. The van der Waals surface area contributed by atoms with E-state index < -0.39 is 0 Å². The number of aryl methyl sites for hydroxylation is 1. The molecule has 4 heteroatoms. The van der Waals surface area contributed by atoms with E-state index in [1.165, 1.54) is 6.07 Å². The molecule has 2 aliphatic rings. The van der Waals surface area contributed by atoms with Gasteiger partial charge in [0.05, 0.1) is 0 Å². The highest BCUT2D eigenvalue weighted by Gasteiger charge is 2.12. The van der Waals surface area contributed by atoms with Gasteiger partial charge in [-0.1, -0.05) is 26.1 Å². The van der Waals surface area contributed by atoms with E-state index in [0.29, 0.717) is 22.1 Å². The molecule has 2 nitrogen and oxygen atoms in total. The Morgan fingerprint density at radius 3 is 2.69 bits per heavy atom. The normalized spacial score (nSPS) is 11.3. The fourth-order valence-electron chi connectivity index (χ4n) is 1.63. The van der Waals surface area contributed by atoms with Gasteiger partial charge < -0.3 is 4.98 Å². The van der Waals surface area contributed by atoms with Crippen LogP contribution in [0.1, 0.15) is 31.0 Å². The molecule has 2 rings (SSSR count). The average Bonchev–Trinajstić information content (AvgIpc) is 2.19. The molecule has 0 saturated carbocycles. The molecule has 0 aromatic carbocycles. The third-order valence-corrected chi connectivity index (χ3v) is 2.94. The van der Waals surface area contributed by atoms with Crippen LogP contribution in [0.15, 0.2) is 12.1 Å². The van der Waals surface area contributed by atoms with Gasteiger partial charge in [-0.15, -0.1) is 0 Å². The molecule has 0 bridgehead atoms. The second kappa shape index (κ2) is 3.94. The predicted octanol–water partition coefficient (Wildman–Crippen LogP) is 3.81. The maximum Gasteiger partial charge on any atom is 0.142 e. The van der Waals surface area contributed by atoms with Crippen molar-refractivity contribution in [1.29, 1.82) is 0 Å². The Balaban J connectivity index is 2.76. The monoisotopic (exact) mass is 236 g/mol. The molecule has 0 fully saturated rings. The first kappa shape index (κ1) is 11.2. The Hall–Kier alpha value is -1.29. The molecule has 0 aromatic rings. The predicted molar refractivity (Wildman–Crippen MR) is 64.8 cm³/mol. The second-order valence-corrected chi connectivity index (χ2v) is 4.60. The molecule has 0 atom stereocenters. The van der Waals surface area contributed by atoms with Crippen LogP contribution in [0.5, 0.6) is 0 Å². The van der Waals surface area contributed by atoms with Crippen molar-refractivity contribution in [2.24, 2.45) is 0 Å². The van der Waals surface area contributed by atoms with Crippen molar-refractivity contribution in [1.82, 2.24) is 9.97 Å². The van der Waals surface area contributed by atoms with E-state index in [9.17, 15) is 4.39 Å². The number of halogens is 1. The van der Waals surface area contributed by atoms with Crippen LogP contribution in [-0.2, 0) is 0 Å². The Bertz CT molecular complexity index is 560. The van der Waals surface area contributed by atoms with E-state index in [0.717, 1.165) is 11.1 Å². The highest BCUT2D eigenvalue weighted by atomic mass is 32.1. The van der Waals surface area contributed by atoms with Crippen molar-refractivity contribution in [3.63, 3.8) is 0 Å². The second-order valence-electron chi connectivity index (χ2n) is 4.22. The molecule has 1 N–H and O–H groups in total. The number of nitrogens with one attached hydrogen (secondary N) is 1. The molecule has 0 aliphatic carbocycles. The zero-order valence-electron chi connectivity index (χ0n) is 9.47. The maximum atomic E-state index is 13.4. The summed E-state index contributed by atoms with van der Waals surface area (Å²) in [5.74, 6) is 0.697. The zero-order chi connectivity index (χ0) is 11.9. The van der Waals surface area contributed by atoms with Crippen molar-refractivity contribution in [3.8, 4) is 11.4 Å². The minimum atomic E-state index is -0.249. The van der Waals surface area contributed by atoms with Crippen molar-refractivity contribution in [2.75, 3.05) is 0 Å². The van der Waals surface area contributed by atoms with Crippen LogP contribution in [0, 0.1) is 17.4 Å². The number of hydrogen-bond acceptors (Lipinski definition) is 2. The summed E-state index contributed by atoms with van der Waals surface area (Å²) in [6, 6.07) is 3.41. The number of rotatable bonds is 1. The summed E-state index contributed by atoms with van der Waals surface area (Å²) in [7, 11) is 0. The average molecular weight is 236 g/mol. The number of fused-ring (bicyclic) bond motifs is 1. The molecule has 2 heterocycles. The number of aromatic nitrogens is 2. The summed E-state index contributed by atoms with van der Waals surface area (Å²) in [5.41, 5.74) is 2.23. The van der Waals surface area contributed by atoms with Crippen LogP contribution in [0.25, 0.3) is 11.4 Å². The highest BCUT2D eigenvalue weighted by Crippen LogP contribution is 2.25. The zero-order valence-corrected chi connectivity index (χ0v) is 10.3. The van der Waals surface area contributed by atoms with Crippen molar-refractivity contribution >= 4 is 12.2 Å². The van der Waals surface area contributed by atoms with Gasteiger partial charge in [0, 0.05) is 11.3 Å². The van der Waals surface area contributed by atoms with E-state index in [4.69, 9.17) is 12.2 Å². The van der Waals surface area contributed by atoms with Gasteiger partial charge in [0.15, 0.2) is 0 Å².